The topological polar surface area (TPSA) is 61.7 Å². The molecular formula is C22H23NO3. The van der Waals surface area contributed by atoms with Crippen molar-refractivity contribution in [3.8, 4) is 11.5 Å². The van der Waals surface area contributed by atoms with Gasteiger partial charge in [0.1, 0.15) is 11.5 Å². The van der Waals surface area contributed by atoms with Crippen molar-refractivity contribution in [3.05, 3.63) is 82.6 Å². The van der Waals surface area contributed by atoms with Gasteiger partial charge in [-0.25, -0.2) is 0 Å². The van der Waals surface area contributed by atoms with Crippen LogP contribution in [0.4, 0.5) is 0 Å². The molecule has 1 unspecified atom stereocenters. The number of phenolic OH excluding ortho intramolecular Hbond substituents is 2. The Kier molecular flexibility index (Phi) is 4.21. The zero-order chi connectivity index (χ0) is 18.1. The van der Waals surface area contributed by atoms with Gasteiger partial charge in [-0.15, -0.1) is 0 Å². The third kappa shape index (κ3) is 2.86. The fourth-order valence-electron chi connectivity index (χ4n) is 4.35. The van der Waals surface area contributed by atoms with Gasteiger partial charge in [0, 0.05) is 5.41 Å². The zero-order valence-corrected chi connectivity index (χ0v) is 14.8. The molecule has 2 aromatic carbocycles. The molecule has 3 N–H and O–H groups in total. The lowest BCUT2D eigenvalue weighted by atomic mass is 9.60. The Hall–Kier alpha value is -2.72. The number of benzene rings is 2. The van der Waals surface area contributed by atoms with Crippen molar-refractivity contribution in [1.29, 1.82) is 0 Å². The summed E-state index contributed by atoms with van der Waals surface area (Å²) in [5.41, 5.74) is 8.89. The first-order valence-corrected chi connectivity index (χ1v) is 8.91. The van der Waals surface area contributed by atoms with E-state index in [0.29, 0.717) is 5.75 Å². The first kappa shape index (κ1) is 16.7. The van der Waals surface area contributed by atoms with E-state index in [0.717, 1.165) is 31.4 Å². The van der Waals surface area contributed by atoms with Crippen molar-refractivity contribution in [1.82, 2.24) is 5.48 Å². The lowest BCUT2D eigenvalue weighted by Crippen LogP contribution is -2.37. The number of aryl methyl sites for hydroxylation is 1. The van der Waals surface area contributed by atoms with Gasteiger partial charge in [-0.1, -0.05) is 29.8 Å². The molecule has 1 atom stereocenters. The lowest BCUT2D eigenvalue weighted by molar-refractivity contribution is 0.120. The molecule has 0 saturated heterocycles. The third-order valence-corrected chi connectivity index (χ3v) is 5.55. The van der Waals surface area contributed by atoms with Crippen LogP contribution in [-0.2, 0) is 23.1 Å². The molecule has 2 aliphatic rings. The van der Waals surface area contributed by atoms with Crippen LogP contribution in [0.25, 0.3) is 0 Å². The van der Waals surface area contributed by atoms with Gasteiger partial charge < -0.3 is 10.2 Å². The van der Waals surface area contributed by atoms with E-state index in [4.69, 9.17) is 4.84 Å². The number of hydrogen-bond donors (Lipinski definition) is 3. The summed E-state index contributed by atoms with van der Waals surface area (Å²) in [6.07, 6.45) is 7.97. The van der Waals surface area contributed by atoms with Crippen LogP contribution in [0.1, 0.15) is 29.5 Å². The predicted octanol–water partition coefficient (Wildman–Crippen LogP) is 3.89. The number of allylic oxidation sites excluding steroid dienone is 3. The molecule has 4 heteroatoms. The molecule has 0 amide bonds. The van der Waals surface area contributed by atoms with Crippen molar-refractivity contribution in [2.24, 2.45) is 0 Å². The molecule has 2 aromatic rings. The van der Waals surface area contributed by atoms with Gasteiger partial charge in [-0.05, 0) is 72.7 Å². The summed E-state index contributed by atoms with van der Waals surface area (Å²) in [6, 6.07) is 13.2. The van der Waals surface area contributed by atoms with E-state index in [-0.39, 0.29) is 11.2 Å². The Balaban J connectivity index is 1.80. The van der Waals surface area contributed by atoms with E-state index in [2.05, 4.69) is 23.7 Å². The van der Waals surface area contributed by atoms with Gasteiger partial charge in [0.15, 0.2) is 0 Å². The average Bonchev–Trinajstić information content (AvgIpc) is 2.64. The SMILES string of the molecule is CONC1=CCC2(Cc3ccc(O)cc3)C(=C1)CCc1cc(O)ccc12. The molecule has 0 bridgehead atoms. The quantitative estimate of drug-likeness (QED) is 0.733. The number of hydrogen-bond acceptors (Lipinski definition) is 4. The van der Waals surface area contributed by atoms with Crippen LogP contribution in [0.15, 0.2) is 65.9 Å². The van der Waals surface area contributed by atoms with Crippen LogP contribution < -0.4 is 5.48 Å². The highest BCUT2D eigenvalue weighted by atomic mass is 16.6. The van der Waals surface area contributed by atoms with E-state index in [1.54, 1.807) is 25.3 Å². The number of hydroxylamine groups is 1. The number of fused-ring (bicyclic) bond motifs is 3. The van der Waals surface area contributed by atoms with Crippen molar-refractivity contribution in [2.75, 3.05) is 7.11 Å². The van der Waals surface area contributed by atoms with E-state index in [9.17, 15) is 10.2 Å². The van der Waals surface area contributed by atoms with Crippen LogP contribution in [0.5, 0.6) is 11.5 Å². The minimum Gasteiger partial charge on any atom is -0.508 e. The van der Waals surface area contributed by atoms with E-state index in [1.807, 2.05) is 18.2 Å². The van der Waals surface area contributed by atoms with Gasteiger partial charge in [0.05, 0.1) is 12.8 Å². The first-order valence-electron chi connectivity index (χ1n) is 8.91. The summed E-state index contributed by atoms with van der Waals surface area (Å²) in [4.78, 5) is 5.09. The highest BCUT2D eigenvalue weighted by Gasteiger charge is 2.41. The van der Waals surface area contributed by atoms with Crippen LogP contribution in [0.3, 0.4) is 0 Å². The van der Waals surface area contributed by atoms with Crippen molar-refractivity contribution < 1.29 is 15.1 Å². The summed E-state index contributed by atoms with van der Waals surface area (Å²) in [5.74, 6) is 0.607. The summed E-state index contributed by atoms with van der Waals surface area (Å²) in [7, 11) is 1.62. The molecule has 2 aliphatic carbocycles. The summed E-state index contributed by atoms with van der Waals surface area (Å²) in [6.45, 7) is 0. The standard InChI is InChI=1S/C22H23NO3/c1-26-23-18-10-11-22(14-15-2-6-19(24)7-3-15)17(13-18)5-4-16-12-20(25)8-9-21(16)22/h2-3,6-10,12-13,23-25H,4-5,11,14H2,1H3. The minimum atomic E-state index is -0.128. The molecular weight excluding hydrogens is 326 g/mol. The maximum atomic E-state index is 9.92. The highest BCUT2D eigenvalue weighted by Crippen LogP contribution is 2.49. The molecule has 0 radical (unpaired) electrons. The highest BCUT2D eigenvalue weighted by molar-refractivity contribution is 5.53. The number of rotatable bonds is 4. The molecule has 0 aromatic heterocycles. The fourth-order valence-corrected chi connectivity index (χ4v) is 4.35. The Bertz CT molecular complexity index is 883. The Morgan fingerprint density at radius 3 is 2.58 bits per heavy atom. The largest absolute Gasteiger partial charge is 0.508 e. The van der Waals surface area contributed by atoms with Gasteiger partial charge in [0.25, 0.3) is 0 Å². The van der Waals surface area contributed by atoms with Crippen molar-refractivity contribution in [3.63, 3.8) is 0 Å². The number of nitrogens with one attached hydrogen (secondary N) is 1. The Morgan fingerprint density at radius 2 is 1.81 bits per heavy atom. The Morgan fingerprint density at radius 1 is 1.04 bits per heavy atom. The predicted molar refractivity (Wildman–Crippen MR) is 101 cm³/mol. The van der Waals surface area contributed by atoms with Crippen molar-refractivity contribution in [2.45, 2.75) is 31.1 Å². The summed E-state index contributed by atoms with van der Waals surface area (Å²) in [5, 5.41) is 19.5. The second kappa shape index (κ2) is 6.54. The molecule has 26 heavy (non-hydrogen) atoms. The molecule has 0 fully saturated rings. The molecule has 134 valence electrons. The second-order valence-electron chi connectivity index (χ2n) is 7.11. The van der Waals surface area contributed by atoms with Crippen molar-refractivity contribution >= 4 is 0 Å². The van der Waals surface area contributed by atoms with Crippen LogP contribution in [0.2, 0.25) is 0 Å². The number of phenols is 2. The minimum absolute atomic E-state index is 0.128. The number of aromatic hydroxyl groups is 2. The fraction of sp³-hybridized carbons (Fsp3) is 0.273. The third-order valence-electron chi connectivity index (χ3n) is 5.55. The van der Waals surface area contributed by atoms with Crippen LogP contribution >= 0.6 is 0 Å². The molecule has 0 saturated carbocycles. The molecule has 0 spiro atoms. The van der Waals surface area contributed by atoms with E-state index < -0.39 is 0 Å². The summed E-state index contributed by atoms with van der Waals surface area (Å²) >= 11 is 0. The van der Waals surface area contributed by atoms with Gasteiger partial charge in [0.2, 0.25) is 0 Å². The van der Waals surface area contributed by atoms with Crippen LogP contribution in [-0.4, -0.2) is 17.3 Å². The summed E-state index contributed by atoms with van der Waals surface area (Å²) < 4.78 is 0. The maximum absolute atomic E-state index is 9.92. The van der Waals surface area contributed by atoms with Gasteiger partial charge in [-0.2, -0.15) is 0 Å². The second-order valence-corrected chi connectivity index (χ2v) is 7.11. The van der Waals surface area contributed by atoms with Crippen LogP contribution in [0, 0.1) is 0 Å². The normalized spacial score (nSPS) is 21.3. The van der Waals surface area contributed by atoms with E-state index in [1.165, 1.54) is 22.3 Å². The van der Waals surface area contributed by atoms with E-state index >= 15 is 0 Å². The first-order chi connectivity index (χ1) is 12.6. The molecule has 4 nitrogen and oxygen atoms in total. The average molecular weight is 349 g/mol. The zero-order valence-electron chi connectivity index (χ0n) is 14.8. The van der Waals surface area contributed by atoms with Gasteiger partial charge in [-0.3, -0.25) is 10.3 Å². The maximum Gasteiger partial charge on any atom is 0.115 e. The lowest BCUT2D eigenvalue weighted by Gasteiger charge is -2.43. The molecule has 0 heterocycles. The Labute approximate surface area is 153 Å². The molecule has 4 rings (SSSR count). The van der Waals surface area contributed by atoms with Gasteiger partial charge >= 0.3 is 0 Å². The molecule has 0 aliphatic heterocycles. The smallest absolute Gasteiger partial charge is 0.115 e. The monoisotopic (exact) mass is 349 g/mol.